The van der Waals surface area contributed by atoms with Gasteiger partial charge in [-0.25, -0.2) is 4.57 Å². The van der Waals surface area contributed by atoms with E-state index in [9.17, 15) is 19.0 Å². The van der Waals surface area contributed by atoms with Crippen LogP contribution in [0.15, 0.2) is 109 Å². The Balaban J connectivity index is 4.40. The molecule has 0 aliphatic rings. The van der Waals surface area contributed by atoms with Gasteiger partial charge in [0, 0.05) is 19.4 Å². The topological polar surface area (TPSA) is 134 Å². The van der Waals surface area contributed by atoms with Gasteiger partial charge < -0.3 is 20.1 Å². The van der Waals surface area contributed by atoms with Crippen LogP contribution in [-0.2, 0) is 32.7 Å². The first-order valence-electron chi connectivity index (χ1n) is 19.4. The Morgan fingerprint density at radius 3 is 1.49 bits per heavy atom. The summed E-state index contributed by atoms with van der Waals surface area (Å²) in [5, 5.41) is 0. The summed E-state index contributed by atoms with van der Waals surface area (Å²) in [7, 11) is -4.41. The van der Waals surface area contributed by atoms with Gasteiger partial charge in [0.1, 0.15) is 6.61 Å². The first kappa shape index (κ1) is 49.7. The number of phosphoric acid groups is 1. The van der Waals surface area contributed by atoms with E-state index in [1.807, 2.05) is 12.2 Å². The molecule has 9 nitrogen and oxygen atoms in total. The van der Waals surface area contributed by atoms with Crippen LogP contribution in [0.25, 0.3) is 0 Å². The predicted octanol–water partition coefficient (Wildman–Crippen LogP) is 10.8. The van der Waals surface area contributed by atoms with Crippen LogP contribution < -0.4 is 5.73 Å². The van der Waals surface area contributed by atoms with Crippen LogP contribution in [0.4, 0.5) is 0 Å². The fourth-order valence-electron chi connectivity index (χ4n) is 4.38. The molecule has 298 valence electrons. The lowest BCUT2D eigenvalue weighted by atomic mass is 10.1. The van der Waals surface area contributed by atoms with Crippen LogP contribution in [0.2, 0.25) is 0 Å². The van der Waals surface area contributed by atoms with Gasteiger partial charge in [0.25, 0.3) is 0 Å². The quantitative estimate of drug-likeness (QED) is 0.0285. The second-order valence-electron chi connectivity index (χ2n) is 12.0. The molecule has 0 radical (unpaired) electrons. The predicted molar refractivity (Wildman–Crippen MR) is 219 cm³/mol. The summed E-state index contributed by atoms with van der Waals surface area (Å²) in [6, 6.07) is 0. The van der Waals surface area contributed by atoms with E-state index < -0.39 is 32.5 Å². The molecule has 0 amide bonds. The van der Waals surface area contributed by atoms with Crippen molar-refractivity contribution in [2.24, 2.45) is 5.73 Å². The zero-order chi connectivity index (χ0) is 38.9. The van der Waals surface area contributed by atoms with E-state index in [1.165, 1.54) is 0 Å². The number of rotatable bonds is 34. The normalized spacial score (nSPS) is 14.6. The van der Waals surface area contributed by atoms with E-state index in [0.29, 0.717) is 12.8 Å². The number of ether oxygens (including phenoxy) is 2. The number of unbranched alkanes of at least 4 members (excludes halogenated alkanes) is 3. The molecule has 53 heavy (non-hydrogen) atoms. The van der Waals surface area contributed by atoms with Crippen LogP contribution in [0.1, 0.15) is 117 Å². The number of phosphoric ester groups is 1. The van der Waals surface area contributed by atoms with Crippen molar-refractivity contribution >= 4 is 19.8 Å². The molecular weight excluding hydrogens is 689 g/mol. The third kappa shape index (κ3) is 38.2. The summed E-state index contributed by atoms with van der Waals surface area (Å²) < 4.78 is 32.5. The van der Waals surface area contributed by atoms with Crippen molar-refractivity contribution < 1.29 is 37.6 Å². The van der Waals surface area contributed by atoms with Crippen molar-refractivity contribution in [3.63, 3.8) is 0 Å². The highest BCUT2D eigenvalue weighted by Gasteiger charge is 2.25. The Hall–Kier alpha value is -3.33. The molecule has 0 fully saturated rings. The first-order chi connectivity index (χ1) is 25.8. The lowest BCUT2D eigenvalue weighted by molar-refractivity contribution is -0.161. The molecule has 0 spiro atoms. The molecule has 10 heteroatoms. The molecule has 0 aliphatic carbocycles. The highest BCUT2D eigenvalue weighted by atomic mass is 31.2. The SMILES string of the molecule is CC/C=C\C/C=C\C/C=C\C/C=C\C/C=C\CCCCCC(=O)OC(COC(=O)CC/C=C\C/C=C\C/C=C\C/C=C\CC)COP(=O)(O)OCCN. The lowest BCUT2D eigenvalue weighted by Crippen LogP contribution is -2.29. The number of nitrogens with two attached hydrogens (primary N) is 1. The third-order valence-electron chi connectivity index (χ3n) is 7.17. The number of carbonyl (C=O) groups is 2. The minimum Gasteiger partial charge on any atom is -0.462 e. The van der Waals surface area contributed by atoms with Crippen molar-refractivity contribution in [3.8, 4) is 0 Å². The third-order valence-corrected chi connectivity index (χ3v) is 8.15. The molecular formula is C43H68NO8P. The van der Waals surface area contributed by atoms with E-state index >= 15 is 0 Å². The van der Waals surface area contributed by atoms with E-state index in [2.05, 4.69) is 111 Å². The maximum absolute atomic E-state index is 12.5. The molecule has 0 rings (SSSR count). The van der Waals surface area contributed by atoms with Gasteiger partial charge in [0.2, 0.25) is 0 Å². The molecule has 0 saturated carbocycles. The van der Waals surface area contributed by atoms with Gasteiger partial charge in [-0.15, -0.1) is 0 Å². The second-order valence-corrected chi connectivity index (χ2v) is 13.5. The smallest absolute Gasteiger partial charge is 0.462 e. The minimum atomic E-state index is -4.41. The van der Waals surface area contributed by atoms with Gasteiger partial charge in [0.05, 0.1) is 13.2 Å². The van der Waals surface area contributed by atoms with Gasteiger partial charge in [-0.2, -0.15) is 0 Å². The van der Waals surface area contributed by atoms with Crippen molar-refractivity contribution in [2.45, 2.75) is 123 Å². The fraction of sp³-hybridized carbons (Fsp3) is 0.535. The molecule has 3 N–H and O–H groups in total. The number of hydrogen-bond donors (Lipinski definition) is 2. The zero-order valence-corrected chi connectivity index (χ0v) is 33.3. The standard InChI is InChI=1S/C43H68NO8P/c1-3-5-7-9-11-13-15-17-18-19-20-21-22-24-26-28-30-32-34-36-43(46)52-41(40-51-53(47,48)50-38-37-44)39-49-42(45)35-33-31-29-27-25-23-16-14-12-10-8-6-4-2/h5-8,11-14,17-18,20-21,23-26,29,31,41H,3-4,9-10,15-16,19,22,27-28,30,32-40,44H2,1-2H3,(H,47,48)/b7-5-,8-6-,13-11-,14-12-,18-17-,21-20-,25-23-,26-24-,31-29-. The Morgan fingerprint density at radius 1 is 0.566 bits per heavy atom. The highest BCUT2D eigenvalue weighted by molar-refractivity contribution is 7.47. The van der Waals surface area contributed by atoms with E-state index in [0.717, 1.165) is 77.0 Å². The van der Waals surface area contributed by atoms with Crippen molar-refractivity contribution in [3.05, 3.63) is 109 Å². The van der Waals surface area contributed by atoms with Gasteiger partial charge in [-0.05, 0) is 83.5 Å². The molecule has 0 heterocycles. The maximum atomic E-state index is 12.5. The number of allylic oxidation sites excluding steroid dienone is 18. The molecule has 0 saturated heterocycles. The largest absolute Gasteiger partial charge is 0.472 e. The van der Waals surface area contributed by atoms with Crippen LogP contribution in [0.5, 0.6) is 0 Å². The Kier molecular flexibility index (Phi) is 36.0. The summed E-state index contributed by atoms with van der Waals surface area (Å²) >= 11 is 0. The summed E-state index contributed by atoms with van der Waals surface area (Å²) in [6.45, 7) is 3.33. The maximum Gasteiger partial charge on any atom is 0.472 e. The number of esters is 2. The monoisotopic (exact) mass is 757 g/mol. The number of carbonyl (C=O) groups excluding carboxylic acids is 2. The first-order valence-corrected chi connectivity index (χ1v) is 20.9. The van der Waals surface area contributed by atoms with Gasteiger partial charge in [-0.3, -0.25) is 18.6 Å². The summed E-state index contributed by atoms with van der Waals surface area (Å²) in [5.41, 5.74) is 5.33. The summed E-state index contributed by atoms with van der Waals surface area (Å²) in [4.78, 5) is 34.7. The van der Waals surface area contributed by atoms with Gasteiger partial charge in [-0.1, -0.05) is 130 Å². The van der Waals surface area contributed by atoms with Crippen molar-refractivity contribution in [1.29, 1.82) is 0 Å². The van der Waals surface area contributed by atoms with Crippen LogP contribution in [0, 0.1) is 0 Å². The van der Waals surface area contributed by atoms with Gasteiger partial charge >= 0.3 is 19.8 Å². The Morgan fingerprint density at radius 2 is 1.02 bits per heavy atom. The lowest BCUT2D eigenvalue weighted by Gasteiger charge is -2.19. The second kappa shape index (κ2) is 38.4. The molecule has 2 atom stereocenters. The van der Waals surface area contributed by atoms with Crippen LogP contribution in [-0.4, -0.2) is 49.3 Å². The molecule has 0 aromatic carbocycles. The average molecular weight is 758 g/mol. The fourth-order valence-corrected chi connectivity index (χ4v) is 5.14. The summed E-state index contributed by atoms with van der Waals surface area (Å²) in [5.74, 6) is -0.977. The minimum absolute atomic E-state index is 0.0320. The molecule has 2 unspecified atom stereocenters. The average Bonchev–Trinajstić information content (AvgIpc) is 3.14. The Bertz CT molecular complexity index is 1230. The van der Waals surface area contributed by atoms with Gasteiger partial charge in [0.15, 0.2) is 6.10 Å². The number of hydrogen-bond acceptors (Lipinski definition) is 8. The van der Waals surface area contributed by atoms with E-state index in [1.54, 1.807) is 0 Å². The molecule has 0 aliphatic heterocycles. The molecule has 0 aromatic rings. The van der Waals surface area contributed by atoms with E-state index in [-0.39, 0.29) is 32.6 Å². The van der Waals surface area contributed by atoms with E-state index in [4.69, 9.17) is 24.3 Å². The Labute approximate surface area is 320 Å². The zero-order valence-electron chi connectivity index (χ0n) is 32.4. The van der Waals surface area contributed by atoms with Crippen LogP contribution in [0.3, 0.4) is 0 Å². The summed E-state index contributed by atoms with van der Waals surface area (Å²) in [6.07, 6.45) is 50.0. The van der Waals surface area contributed by atoms with Crippen molar-refractivity contribution in [1.82, 2.24) is 0 Å². The van der Waals surface area contributed by atoms with Crippen LogP contribution >= 0.6 is 7.82 Å². The highest BCUT2D eigenvalue weighted by Crippen LogP contribution is 2.43. The molecule has 0 bridgehead atoms. The molecule has 0 aromatic heterocycles. The van der Waals surface area contributed by atoms with Crippen molar-refractivity contribution in [2.75, 3.05) is 26.4 Å².